The van der Waals surface area contributed by atoms with Gasteiger partial charge < -0.3 is 0 Å². The van der Waals surface area contributed by atoms with Crippen LogP contribution in [0.1, 0.15) is 62.3 Å². The van der Waals surface area contributed by atoms with Crippen LogP contribution >= 0.6 is 11.8 Å². The summed E-state index contributed by atoms with van der Waals surface area (Å²) >= 11 is 1.56. The zero-order valence-corrected chi connectivity index (χ0v) is 13.0. The Morgan fingerprint density at radius 2 is 1.90 bits per heavy atom. The topological polar surface area (TPSA) is 52.0 Å². The maximum atomic E-state index is 12.9. The molecule has 0 N–H and O–H groups in total. The molecule has 4 rings (SSSR count). The Balaban J connectivity index is 1.84. The lowest BCUT2D eigenvalue weighted by molar-refractivity contribution is -0.118. The second-order valence-electron chi connectivity index (χ2n) is 6.37. The van der Waals surface area contributed by atoms with E-state index in [0.29, 0.717) is 12.2 Å². The third kappa shape index (κ3) is 2.17. The molecule has 112 valence electrons. The highest BCUT2D eigenvalue weighted by molar-refractivity contribution is 8.01. The van der Waals surface area contributed by atoms with Crippen LogP contribution in [0.25, 0.3) is 0 Å². The zero-order valence-electron chi connectivity index (χ0n) is 12.1. The largest absolute Gasteiger partial charge is 0.298 e. The van der Waals surface area contributed by atoms with E-state index < -0.39 is 0 Å². The minimum atomic E-state index is -0.0469. The van der Waals surface area contributed by atoms with Gasteiger partial charge in [0, 0.05) is 25.3 Å². The standard InChI is InChI=1S/C16H20N2O2S/c19-11-7-4-3-6-10-13-15(21-14(10)11)17-12-8-2-1-5-9-18(12)16(13)20/h10,14H,1-9H2. The molecule has 1 aromatic rings. The monoisotopic (exact) mass is 304 g/mol. The molecule has 5 heteroatoms. The number of Topliss-reactive ketones (excluding diaryl/α,β-unsaturated/α-hetero) is 1. The smallest absolute Gasteiger partial charge is 0.258 e. The van der Waals surface area contributed by atoms with Crippen molar-refractivity contribution in [2.45, 2.75) is 74.1 Å². The number of rotatable bonds is 0. The molecule has 3 aliphatic rings. The predicted octanol–water partition coefficient (Wildman–Crippen LogP) is 2.67. The van der Waals surface area contributed by atoms with Crippen molar-refractivity contribution in [2.24, 2.45) is 0 Å². The summed E-state index contributed by atoms with van der Waals surface area (Å²) in [6.07, 6.45) is 7.90. The fourth-order valence-electron chi connectivity index (χ4n) is 3.90. The highest BCUT2D eigenvalue weighted by atomic mass is 32.2. The van der Waals surface area contributed by atoms with Gasteiger partial charge in [-0.25, -0.2) is 4.98 Å². The van der Waals surface area contributed by atoms with Crippen LogP contribution in [0.15, 0.2) is 9.82 Å². The molecule has 0 spiro atoms. The van der Waals surface area contributed by atoms with E-state index in [0.717, 1.165) is 61.5 Å². The number of hydrogen-bond donors (Lipinski definition) is 0. The van der Waals surface area contributed by atoms with Crippen LogP contribution < -0.4 is 5.56 Å². The molecule has 1 fully saturated rings. The number of aryl methyl sites for hydroxylation is 1. The van der Waals surface area contributed by atoms with E-state index in [1.165, 1.54) is 6.42 Å². The van der Waals surface area contributed by atoms with Crippen molar-refractivity contribution < 1.29 is 4.79 Å². The molecule has 0 amide bonds. The highest BCUT2D eigenvalue weighted by Gasteiger charge is 2.42. The maximum Gasteiger partial charge on any atom is 0.258 e. The van der Waals surface area contributed by atoms with Crippen LogP contribution in [0.5, 0.6) is 0 Å². The molecule has 0 radical (unpaired) electrons. The molecule has 0 bridgehead atoms. The predicted molar refractivity (Wildman–Crippen MR) is 81.9 cm³/mol. The number of carbonyl (C=O) groups excluding carboxylic acids is 1. The lowest BCUT2D eigenvalue weighted by Crippen LogP contribution is -2.30. The molecular weight excluding hydrogens is 284 g/mol. The zero-order chi connectivity index (χ0) is 14.4. The molecule has 1 aromatic heterocycles. The van der Waals surface area contributed by atoms with Gasteiger partial charge in [-0.1, -0.05) is 24.6 Å². The first-order chi connectivity index (χ1) is 10.3. The quantitative estimate of drug-likeness (QED) is 0.692. The van der Waals surface area contributed by atoms with Crippen molar-refractivity contribution in [3.63, 3.8) is 0 Å². The van der Waals surface area contributed by atoms with Gasteiger partial charge in [0.1, 0.15) is 16.6 Å². The molecule has 3 heterocycles. The summed E-state index contributed by atoms with van der Waals surface area (Å²) in [5, 5.41) is 0.813. The van der Waals surface area contributed by atoms with Crippen LogP contribution in [0.4, 0.5) is 0 Å². The van der Waals surface area contributed by atoms with E-state index in [4.69, 9.17) is 4.98 Å². The van der Waals surface area contributed by atoms with Crippen LogP contribution in [0, 0.1) is 0 Å². The third-order valence-electron chi connectivity index (χ3n) is 5.01. The second kappa shape index (κ2) is 5.27. The van der Waals surface area contributed by atoms with Crippen LogP contribution in [0.2, 0.25) is 0 Å². The number of aromatic nitrogens is 2. The summed E-state index contributed by atoms with van der Waals surface area (Å²) in [6.45, 7) is 0.796. The van der Waals surface area contributed by atoms with Crippen LogP contribution in [-0.2, 0) is 17.8 Å². The van der Waals surface area contributed by atoms with Crippen molar-refractivity contribution in [1.29, 1.82) is 0 Å². The van der Waals surface area contributed by atoms with Gasteiger partial charge in [0.25, 0.3) is 5.56 Å². The van der Waals surface area contributed by atoms with Crippen molar-refractivity contribution in [2.75, 3.05) is 0 Å². The molecule has 2 atom stereocenters. The Kier molecular flexibility index (Phi) is 3.40. The van der Waals surface area contributed by atoms with E-state index in [9.17, 15) is 9.59 Å². The van der Waals surface area contributed by atoms with E-state index in [1.54, 1.807) is 11.8 Å². The average Bonchev–Trinajstić information content (AvgIpc) is 2.62. The summed E-state index contributed by atoms with van der Waals surface area (Å²) < 4.78 is 1.89. The Hall–Kier alpha value is -1.10. The van der Waals surface area contributed by atoms with Gasteiger partial charge in [0.05, 0.1) is 10.8 Å². The number of nitrogens with zero attached hydrogens (tertiary/aromatic N) is 2. The normalized spacial score (nSPS) is 28.3. The minimum absolute atomic E-state index is 0.0469. The molecular formula is C16H20N2O2S. The lowest BCUT2D eigenvalue weighted by atomic mass is 9.93. The summed E-state index contributed by atoms with van der Waals surface area (Å²) in [4.78, 5) is 30.0. The average molecular weight is 304 g/mol. The lowest BCUT2D eigenvalue weighted by Gasteiger charge is -2.15. The molecule has 4 nitrogen and oxygen atoms in total. The Morgan fingerprint density at radius 1 is 1.05 bits per heavy atom. The number of carbonyl (C=O) groups is 1. The highest BCUT2D eigenvalue weighted by Crippen LogP contribution is 2.47. The fourth-order valence-corrected chi connectivity index (χ4v) is 5.35. The molecule has 1 saturated carbocycles. The van der Waals surface area contributed by atoms with Crippen LogP contribution in [0.3, 0.4) is 0 Å². The van der Waals surface area contributed by atoms with E-state index in [-0.39, 0.29) is 16.7 Å². The maximum absolute atomic E-state index is 12.9. The molecule has 21 heavy (non-hydrogen) atoms. The van der Waals surface area contributed by atoms with Crippen LogP contribution in [-0.4, -0.2) is 20.6 Å². The van der Waals surface area contributed by atoms with Crippen molar-refractivity contribution in [3.05, 3.63) is 21.7 Å². The number of fused-ring (bicyclic) bond motifs is 4. The summed E-state index contributed by atoms with van der Waals surface area (Å²) in [6, 6.07) is 0. The van der Waals surface area contributed by atoms with E-state index in [1.807, 2.05) is 4.57 Å². The van der Waals surface area contributed by atoms with Crippen molar-refractivity contribution >= 4 is 17.5 Å². The summed E-state index contributed by atoms with van der Waals surface area (Å²) in [7, 11) is 0. The van der Waals surface area contributed by atoms with Crippen molar-refractivity contribution in [1.82, 2.24) is 9.55 Å². The van der Waals surface area contributed by atoms with Gasteiger partial charge in [-0.2, -0.15) is 0 Å². The van der Waals surface area contributed by atoms with Gasteiger partial charge in [-0.3, -0.25) is 14.2 Å². The Labute approximate surface area is 128 Å². The first-order valence-corrected chi connectivity index (χ1v) is 8.96. The number of hydrogen-bond acceptors (Lipinski definition) is 4. The first-order valence-electron chi connectivity index (χ1n) is 8.08. The SMILES string of the molecule is O=C1CCCCC2c3c(nc4n(c3=O)CCCCC4)SC12. The molecule has 2 unspecified atom stereocenters. The molecule has 1 aliphatic carbocycles. The fraction of sp³-hybridized carbons (Fsp3) is 0.688. The first kappa shape index (κ1) is 13.6. The minimum Gasteiger partial charge on any atom is -0.298 e. The Bertz CT molecular complexity index is 652. The van der Waals surface area contributed by atoms with Gasteiger partial charge in [-0.15, -0.1) is 0 Å². The Morgan fingerprint density at radius 3 is 2.81 bits per heavy atom. The van der Waals surface area contributed by atoms with Gasteiger partial charge in [0.2, 0.25) is 0 Å². The number of thioether (sulfide) groups is 1. The summed E-state index contributed by atoms with van der Waals surface area (Å²) in [5.41, 5.74) is 0.998. The van der Waals surface area contributed by atoms with Crippen molar-refractivity contribution in [3.8, 4) is 0 Å². The van der Waals surface area contributed by atoms with E-state index >= 15 is 0 Å². The number of ketones is 1. The molecule has 2 aliphatic heterocycles. The van der Waals surface area contributed by atoms with Gasteiger partial charge in [0.15, 0.2) is 0 Å². The summed E-state index contributed by atoms with van der Waals surface area (Å²) in [5.74, 6) is 1.37. The molecule has 0 aromatic carbocycles. The van der Waals surface area contributed by atoms with Gasteiger partial charge in [-0.05, 0) is 25.7 Å². The molecule has 0 saturated heterocycles. The second-order valence-corrected chi connectivity index (χ2v) is 7.50. The van der Waals surface area contributed by atoms with E-state index in [2.05, 4.69) is 0 Å². The van der Waals surface area contributed by atoms with Gasteiger partial charge >= 0.3 is 0 Å². The third-order valence-corrected chi connectivity index (χ3v) is 6.39.